The summed E-state index contributed by atoms with van der Waals surface area (Å²) in [7, 11) is 0. The molecule has 84 valence electrons. The first kappa shape index (κ1) is 13.5. The number of hydrogen-bond donors (Lipinski definition) is 0. The Morgan fingerprint density at radius 3 is 2.40 bits per heavy atom. The van der Waals surface area contributed by atoms with Crippen LogP contribution in [0.25, 0.3) is 0 Å². The highest BCUT2D eigenvalue weighted by atomic mass is 19.1. The van der Waals surface area contributed by atoms with Crippen LogP contribution in [0.1, 0.15) is 20.8 Å². The number of carbonyl (C=O) groups excluding carboxylic acids is 1. The average Bonchev–Trinajstić information content (AvgIpc) is 2.17. The molecule has 4 heteroatoms. The molecule has 0 amide bonds. The molecule has 0 saturated heterocycles. The molecule has 15 heavy (non-hydrogen) atoms. The van der Waals surface area contributed by atoms with Crippen molar-refractivity contribution < 1.29 is 18.3 Å². The summed E-state index contributed by atoms with van der Waals surface area (Å²) < 4.78 is 30.3. The second kappa shape index (κ2) is 6.92. The van der Waals surface area contributed by atoms with Crippen molar-refractivity contribution in [1.29, 1.82) is 0 Å². The number of ether oxygens (including phenoxy) is 1. The molecule has 0 aromatic carbocycles. The van der Waals surface area contributed by atoms with Gasteiger partial charge in [0.1, 0.15) is 11.7 Å². The zero-order chi connectivity index (χ0) is 11.8. The van der Waals surface area contributed by atoms with E-state index in [-0.39, 0.29) is 12.2 Å². The van der Waals surface area contributed by atoms with Gasteiger partial charge in [-0.15, -0.1) is 0 Å². The van der Waals surface area contributed by atoms with Crippen LogP contribution in [0.15, 0.2) is 35.5 Å². The molecule has 2 nitrogen and oxygen atoms in total. The number of allylic oxidation sites excluding steroid dienone is 5. The third kappa shape index (κ3) is 5.78. The lowest BCUT2D eigenvalue weighted by molar-refractivity contribution is -0.137. The van der Waals surface area contributed by atoms with Crippen LogP contribution in [-0.2, 0) is 9.53 Å². The maximum atomic E-state index is 13.1. The van der Waals surface area contributed by atoms with Crippen LogP contribution in [0.4, 0.5) is 8.78 Å². The van der Waals surface area contributed by atoms with Crippen molar-refractivity contribution in [1.82, 2.24) is 0 Å². The molecule has 0 bridgehead atoms. The predicted molar refractivity (Wildman–Crippen MR) is 54.4 cm³/mol. The SMILES string of the molecule is CC=C(F)C=C(F)C(C)=CC(=O)OCC. The van der Waals surface area contributed by atoms with Crippen LogP contribution in [-0.4, -0.2) is 12.6 Å². The monoisotopic (exact) mass is 216 g/mol. The van der Waals surface area contributed by atoms with E-state index in [0.717, 1.165) is 12.2 Å². The topological polar surface area (TPSA) is 26.3 Å². The van der Waals surface area contributed by atoms with Crippen molar-refractivity contribution >= 4 is 5.97 Å². The largest absolute Gasteiger partial charge is 0.463 e. The van der Waals surface area contributed by atoms with E-state index in [9.17, 15) is 13.6 Å². The van der Waals surface area contributed by atoms with Crippen molar-refractivity contribution in [3.63, 3.8) is 0 Å². The van der Waals surface area contributed by atoms with Crippen molar-refractivity contribution in [2.24, 2.45) is 0 Å². The zero-order valence-electron chi connectivity index (χ0n) is 9.01. The van der Waals surface area contributed by atoms with Gasteiger partial charge >= 0.3 is 5.97 Å². The van der Waals surface area contributed by atoms with Gasteiger partial charge in [0, 0.05) is 12.2 Å². The number of hydrogen-bond acceptors (Lipinski definition) is 2. The molecule has 0 aliphatic heterocycles. The second-order valence-electron chi connectivity index (χ2n) is 2.75. The molecule has 0 heterocycles. The molecule has 0 aromatic rings. The Bertz CT molecular complexity index is 315. The third-order valence-corrected chi connectivity index (χ3v) is 1.54. The van der Waals surface area contributed by atoms with Crippen LogP contribution in [0.5, 0.6) is 0 Å². The summed E-state index contributed by atoms with van der Waals surface area (Å²) in [4.78, 5) is 10.9. The van der Waals surface area contributed by atoms with E-state index in [1.165, 1.54) is 13.8 Å². The van der Waals surface area contributed by atoms with E-state index < -0.39 is 17.6 Å². The minimum atomic E-state index is -0.793. The predicted octanol–water partition coefficient (Wildman–Crippen LogP) is 3.22. The minimum absolute atomic E-state index is 0.0328. The van der Waals surface area contributed by atoms with Gasteiger partial charge in [0.15, 0.2) is 0 Å². The molecule has 0 atom stereocenters. The third-order valence-electron chi connectivity index (χ3n) is 1.54. The lowest BCUT2D eigenvalue weighted by Gasteiger charge is -1.98. The quantitative estimate of drug-likeness (QED) is 0.409. The van der Waals surface area contributed by atoms with Gasteiger partial charge in [-0.05, 0) is 26.3 Å². The van der Waals surface area contributed by atoms with E-state index in [1.807, 2.05) is 0 Å². The fourth-order valence-corrected chi connectivity index (χ4v) is 0.748. The summed E-state index contributed by atoms with van der Waals surface area (Å²) in [6.07, 6.45) is 2.82. The van der Waals surface area contributed by atoms with Crippen LogP contribution in [0, 0.1) is 0 Å². The van der Waals surface area contributed by atoms with Gasteiger partial charge in [-0.1, -0.05) is 6.08 Å². The lowest BCUT2D eigenvalue weighted by Crippen LogP contribution is -2.00. The molecular formula is C11H14F2O2. The Balaban J connectivity index is 4.63. The van der Waals surface area contributed by atoms with E-state index in [4.69, 9.17) is 0 Å². The fourth-order valence-electron chi connectivity index (χ4n) is 0.748. The summed E-state index contributed by atoms with van der Waals surface area (Å²) in [5.74, 6) is -2.12. The maximum absolute atomic E-state index is 13.1. The summed E-state index contributed by atoms with van der Waals surface area (Å²) in [6.45, 7) is 4.68. The number of rotatable bonds is 4. The van der Waals surface area contributed by atoms with Gasteiger partial charge < -0.3 is 4.74 Å². The highest BCUT2D eigenvalue weighted by Crippen LogP contribution is 2.14. The van der Waals surface area contributed by atoms with Crippen LogP contribution in [0.2, 0.25) is 0 Å². The Labute approximate surface area is 87.9 Å². The lowest BCUT2D eigenvalue weighted by atomic mass is 10.2. The number of carbonyl (C=O) groups is 1. The fraction of sp³-hybridized carbons (Fsp3) is 0.364. The van der Waals surface area contributed by atoms with Gasteiger partial charge in [-0.25, -0.2) is 13.6 Å². The molecule has 0 fully saturated rings. The summed E-state index contributed by atoms with van der Waals surface area (Å²) >= 11 is 0. The van der Waals surface area contributed by atoms with E-state index >= 15 is 0 Å². The second-order valence-corrected chi connectivity index (χ2v) is 2.75. The highest BCUT2D eigenvalue weighted by molar-refractivity contribution is 5.83. The molecule has 0 aliphatic carbocycles. The minimum Gasteiger partial charge on any atom is -0.463 e. The zero-order valence-corrected chi connectivity index (χ0v) is 9.01. The van der Waals surface area contributed by atoms with Crippen molar-refractivity contribution in [2.75, 3.05) is 6.61 Å². The Hall–Kier alpha value is -1.45. The van der Waals surface area contributed by atoms with Crippen LogP contribution >= 0.6 is 0 Å². The maximum Gasteiger partial charge on any atom is 0.331 e. The molecule has 0 unspecified atom stereocenters. The number of esters is 1. The highest BCUT2D eigenvalue weighted by Gasteiger charge is 2.03. The van der Waals surface area contributed by atoms with Gasteiger partial charge in [0.2, 0.25) is 0 Å². The first-order chi connectivity index (χ1) is 7.01. The van der Waals surface area contributed by atoms with E-state index in [0.29, 0.717) is 6.08 Å². The molecule has 0 N–H and O–H groups in total. The van der Waals surface area contributed by atoms with Gasteiger partial charge in [0.25, 0.3) is 0 Å². The smallest absolute Gasteiger partial charge is 0.331 e. The summed E-state index contributed by atoms with van der Waals surface area (Å²) in [6, 6.07) is 0. The standard InChI is InChI=1S/C11H14F2O2/c1-4-9(12)7-10(13)8(3)6-11(14)15-5-2/h4,6-7H,5H2,1-3H3. The first-order valence-electron chi connectivity index (χ1n) is 4.55. The Morgan fingerprint density at radius 2 is 1.93 bits per heavy atom. The van der Waals surface area contributed by atoms with E-state index in [1.54, 1.807) is 6.92 Å². The van der Waals surface area contributed by atoms with Gasteiger partial charge in [-0.2, -0.15) is 0 Å². The molecule has 0 saturated carbocycles. The molecule has 0 aromatic heterocycles. The normalized spacial score (nSPS) is 14.1. The molecule has 0 radical (unpaired) electrons. The van der Waals surface area contributed by atoms with Crippen molar-refractivity contribution in [3.05, 3.63) is 35.5 Å². The van der Waals surface area contributed by atoms with Crippen molar-refractivity contribution in [2.45, 2.75) is 20.8 Å². The summed E-state index contributed by atoms with van der Waals surface area (Å²) in [5.41, 5.74) is 0.0328. The van der Waals surface area contributed by atoms with E-state index in [2.05, 4.69) is 4.74 Å². The Kier molecular flexibility index (Phi) is 6.25. The molecule has 0 spiro atoms. The van der Waals surface area contributed by atoms with Crippen molar-refractivity contribution in [3.8, 4) is 0 Å². The van der Waals surface area contributed by atoms with Gasteiger partial charge in [-0.3, -0.25) is 0 Å². The average molecular weight is 216 g/mol. The van der Waals surface area contributed by atoms with Gasteiger partial charge in [0.05, 0.1) is 6.61 Å². The van der Waals surface area contributed by atoms with Crippen LogP contribution < -0.4 is 0 Å². The molecular weight excluding hydrogens is 202 g/mol. The summed E-state index contributed by atoms with van der Waals surface area (Å²) in [5, 5.41) is 0. The molecule has 0 aliphatic rings. The molecule has 0 rings (SSSR count). The first-order valence-corrected chi connectivity index (χ1v) is 4.55. The Morgan fingerprint density at radius 1 is 1.33 bits per heavy atom. The van der Waals surface area contributed by atoms with Crippen LogP contribution in [0.3, 0.4) is 0 Å². The number of halogens is 2.